The minimum Gasteiger partial charge on any atom is -0.326 e. The molecule has 0 bridgehead atoms. The van der Waals surface area contributed by atoms with E-state index < -0.39 is 21.7 Å². The molecule has 0 aliphatic rings. The van der Waals surface area contributed by atoms with Crippen LogP contribution in [0.3, 0.4) is 0 Å². The van der Waals surface area contributed by atoms with Crippen LogP contribution in [0, 0.1) is 5.82 Å². The molecule has 154 valence electrons. The van der Waals surface area contributed by atoms with Crippen LogP contribution in [0.5, 0.6) is 0 Å². The van der Waals surface area contributed by atoms with Gasteiger partial charge < -0.3 is 10.6 Å². The Balaban J connectivity index is 1.68. The molecule has 2 amide bonds. The summed E-state index contributed by atoms with van der Waals surface area (Å²) < 4.78 is 40.0. The van der Waals surface area contributed by atoms with Crippen molar-refractivity contribution in [3.05, 3.63) is 84.2 Å². The van der Waals surface area contributed by atoms with Crippen LogP contribution in [0.1, 0.15) is 17.3 Å². The average Bonchev–Trinajstić information content (AvgIpc) is 2.68. The Hall–Kier alpha value is -3.72. The maximum Gasteiger partial charge on any atom is 0.261 e. The third kappa shape index (κ3) is 5.42. The number of anilines is 3. The van der Waals surface area contributed by atoms with Gasteiger partial charge >= 0.3 is 0 Å². The number of amides is 2. The van der Waals surface area contributed by atoms with Gasteiger partial charge in [0.2, 0.25) is 5.91 Å². The molecule has 0 unspecified atom stereocenters. The molecule has 0 radical (unpaired) electrons. The highest BCUT2D eigenvalue weighted by Crippen LogP contribution is 2.19. The first-order valence-electron chi connectivity index (χ1n) is 8.80. The molecule has 0 spiro atoms. The van der Waals surface area contributed by atoms with Crippen molar-refractivity contribution in [2.75, 3.05) is 15.4 Å². The highest BCUT2D eigenvalue weighted by atomic mass is 32.2. The zero-order valence-corrected chi connectivity index (χ0v) is 16.7. The third-order valence-corrected chi connectivity index (χ3v) is 5.36. The summed E-state index contributed by atoms with van der Waals surface area (Å²) in [7, 11) is -3.88. The number of hydrogen-bond acceptors (Lipinski definition) is 4. The van der Waals surface area contributed by atoms with Crippen LogP contribution in [-0.2, 0) is 14.8 Å². The van der Waals surface area contributed by atoms with Crippen molar-refractivity contribution in [1.29, 1.82) is 0 Å². The number of nitrogens with one attached hydrogen (secondary N) is 3. The first kappa shape index (κ1) is 21.0. The minimum absolute atomic E-state index is 0.0789. The van der Waals surface area contributed by atoms with Crippen LogP contribution in [0.25, 0.3) is 0 Å². The summed E-state index contributed by atoms with van der Waals surface area (Å²) in [6.07, 6.45) is 0. The van der Waals surface area contributed by atoms with Crippen LogP contribution in [0.15, 0.2) is 77.7 Å². The van der Waals surface area contributed by atoms with Crippen LogP contribution >= 0.6 is 0 Å². The summed E-state index contributed by atoms with van der Waals surface area (Å²) in [4.78, 5) is 23.5. The molecule has 0 fully saturated rings. The lowest BCUT2D eigenvalue weighted by Gasteiger charge is -2.10. The fourth-order valence-electron chi connectivity index (χ4n) is 2.60. The largest absolute Gasteiger partial charge is 0.326 e. The zero-order valence-electron chi connectivity index (χ0n) is 15.8. The zero-order chi connectivity index (χ0) is 21.7. The van der Waals surface area contributed by atoms with E-state index in [0.717, 1.165) is 24.3 Å². The Bertz CT molecular complexity index is 1180. The number of carbonyl (C=O) groups is 2. The summed E-state index contributed by atoms with van der Waals surface area (Å²) in [5.41, 5.74) is 1.60. The molecule has 3 aromatic carbocycles. The van der Waals surface area contributed by atoms with E-state index in [2.05, 4.69) is 15.4 Å². The molecular formula is C21H18FN3O4S. The van der Waals surface area contributed by atoms with E-state index in [4.69, 9.17) is 0 Å². The second-order valence-electron chi connectivity index (χ2n) is 6.35. The Morgan fingerprint density at radius 1 is 0.800 bits per heavy atom. The normalized spacial score (nSPS) is 10.9. The molecule has 0 heterocycles. The van der Waals surface area contributed by atoms with Gasteiger partial charge in [-0.2, -0.15) is 0 Å². The van der Waals surface area contributed by atoms with Gasteiger partial charge in [0.25, 0.3) is 15.9 Å². The molecule has 3 aromatic rings. The third-order valence-electron chi connectivity index (χ3n) is 3.96. The first-order chi connectivity index (χ1) is 14.2. The molecule has 7 nitrogen and oxygen atoms in total. The number of benzene rings is 3. The second-order valence-corrected chi connectivity index (χ2v) is 8.04. The summed E-state index contributed by atoms with van der Waals surface area (Å²) in [5.74, 6) is -1.16. The van der Waals surface area contributed by atoms with Gasteiger partial charge in [-0.3, -0.25) is 14.3 Å². The minimum atomic E-state index is -3.88. The van der Waals surface area contributed by atoms with Crippen molar-refractivity contribution in [2.24, 2.45) is 0 Å². The van der Waals surface area contributed by atoms with Gasteiger partial charge in [0, 0.05) is 29.5 Å². The van der Waals surface area contributed by atoms with Crippen LogP contribution in [-0.4, -0.2) is 20.2 Å². The SMILES string of the molecule is CC(=O)Nc1cccc(NC(=O)c2ccc(NS(=O)(=O)c3ccc(F)cc3)cc2)c1. The molecule has 0 aromatic heterocycles. The van der Waals surface area contributed by atoms with E-state index in [9.17, 15) is 22.4 Å². The fraction of sp³-hybridized carbons (Fsp3) is 0.0476. The summed E-state index contributed by atoms with van der Waals surface area (Å²) in [5, 5.41) is 5.33. The Morgan fingerprint density at radius 2 is 1.40 bits per heavy atom. The lowest BCUT2D eigenvalue weighted by Crippen LogP contribution is -2.14. The standard InChI is InChI=1S/C21H18FN3O4S/c1-14(26)23-18-3-2-4-19(13-18)24-21(27)15-5-9-17(10-6-15)25-30(28,29)20-11-7-16(22)8-12-20/h2-13,25H,1H3,(H,23,26)(H,24,27). The summed E-state index contributed by atoms with van der Waals surface area (Å²) in [6.45, 7) is 1.39. The highest BCUT2D eigenvalue weighted by Gasteiger charge is 2.15. The predicted molar refractivity (Wildman–Crippen MR) is 112 cm³/mol. The van der Waals surface area contributed by atoms with E-state index >= 15 is 0 Å². The van der Waals surface area contributed by atoms with E-state index in [0.29, 0.717) is 16.9 Å². The molecule has 30 heavy (non-hydrogen) atoms. The maximum atomic E-state index is 13.0. The molecule has 3 rings (SSSR count). The van der Waals surface area contributed by atoms with Gasteiger partial charge in [-0.15, -0.1) is 0 Å². The van der Waals surface area contributed by atoms with Crippen molar-refractivity contribution >= 4 is 38.9 Å². The van der Waals surface area contributed by atoms with Gasteiger partial charge in [-0.25, -0.2) is 12.8 Å². The fourth-order valence-corrected chi connectivity index (χ4v) is 3.66. The Morgan fingerprint density at radius 3 is 2.00 bits per heavy atom. The van der Waals surface area contributed by atoms with Crippen molar-refractivity contribution in [1.82, 2.24) is 0 Å². The highest BCUT2D eigenvalue weighted by molar-refractivity contribution is 7.92. The number of sulfonamides is 1. The predicted octanol–water partition coefficient (Wildman–Crippen LogP) is 3.84. The second kappa shape index (κ2) is 8.75. The molecule has 0 aliphatic carbocycles. The quantitative estimate of drug-likeness (QED) is 0.556. The molecule has 0 saturated heterocycles. The van der Waals surface area contributed by atoms with Crippen molar-refractivity contribution in [2.45, 2.75) is 11.8 Å². The molecular weight excluding hydrogens is 409 g/mol. The molecule has 0 aliphatic heterocycles. The van der Waals surface area contributed by atoms with E-state index in [-0.39, 0.29) is 16.5 Å². The number of halogens is 1. The van der Waals surface area contributed by atoms with Crippen molar-refractivity contribution in [3.63, 3.8) is 0 Å². The van der Waals surface area contributed by atoms with E-state index in [1.807, 2.05) is 0 Å². The van der Waals surface area contributed by atoms with Crippen LogP contribution in [0.4, 0.5) is 21.5 Å². The summed E-state index contributed by atoms with van der Waals surface area (Å²) >= 11 is 0. The molecule has 0 atom stereocenters. The van der Waals surface area contributed by atoms with Gasteiger partial charge in [-0.1, -0.05) is 6.07 Å². The van der Waals surface area contributed by atoms with E-state index in [1.165, 1.54) is 31.2 Å². The Kier molecular flexibility index (Phi) is 6.12. The number of rotatable bonds is 6. The molecule has 9 heteroatoms. The van der Waals surface area contributed by atoms with Crippen LogP contribution in [0.2, 0.25) is 0 Å². The summed E-state index contributed by atoms with van der Waals surface area (Å²) in [6, 6.07) is 16.9. The lowest BCUT2D eigenvalue weighted by atomic mass is 10.2. The van der Waals surface area contributed by atoms with Gasteiger partial charge in [0.1, 0.15) is 5.82 Å². The monoisotopic (exact) mass is 427 g/mol. The van der Waals surface area contributed by atoms with E-state index in [1.54, 1.807) is 24.3 Å². The molecule has 3 N–H and O–H groups in total. The van der Waals surface area contributed by atoms with Crippen LogP contribution < -0.4 is 15.4 Å². The van der Waals surface area contributed by atoms with Crippen molar-refractivity contribution < 1.29 is 22.4 Å². The smallest absolute Gasteiger partial charge is 0.261 e. The lowest BCUT2D eigenvalue weighted by molar-refractivity contribution is -0.114. The Labute approximate surface area is 173 Å². The topological polar surface area (TPSA) is 104 Å². The number of carbonyl (C=O) groups excluding carboxylic acids is 2. The van der Waals surface area contributed by atoms with Gasteiger partial charge in [0.15, 0.2) is 0 Å². The molecule has 0 saturated carbocycles. The number of hydrogen-bond donors (Lipinski definition) is 3. The van der Waals surface area contributed by atoms with Crippen molar-refractivity contribution in [3.8, 4) is 0 Å². The van der Waals surface area contributed by atoms with Gasteiger partial charge in [-0.05, 0) is 66.7 Å². The maximum absolute atomic E-state index is 13.0. The first-order valence-corrected chi connectivity index (χ1v) is 10.3. The van der Waals surface area contributed by atoms with Gasteiger partial charge in [0.05, 0.1) is 4.90 Å². The average molecular weight is 427 g/mol.